The second-order valence-corrected chi connectivity index (χ2v) is 6.33. The average molecular weight is 332 g/mol. The van der Waals surface area contributed by atoms with Crippen LogP contribution in [-0.4, -0.2) is 29.2 Å². The summed E-state index contributed by atoms with van der Waals surface area (Å²) in [6.45, 7) is 0.518. The lowest BCUT2D eigenvalue weighted by Crippen LogP contribution is -2.43. The van der Waals surface area contributed by atoms with Gasteiger partial charge in [0.1, 0.15) is 0 Å². The van der Waals surface area contributed by atoms with Crippen LogP contribution in [0.25, 0.3) is 10.8 Å². The number of fused-ring (bicyclic) bond motifs is 2. The first-order valence-corrected chi connectivity index (χ1v) is 8.51. The van der Waals surface area contributed by atoms with Crippen molar-refractivity contribution in [2.45, 2.75) is 12.5 Å². The molecule has 4 nitrogen and oxygen atoms in total. The Morgan fingerprint density at radius 3 is 2.64 bits per heavy atom. The van der Waals surface area contributed by atoms with E-state index in [1.54, 1.807) is 4.90 Å². The van der Waals surface area contributed by atoms with Crippen LogP contribution in [0.15, 0.2) is 66.7 Å². The third kappa shape index (κ3) is 2.96. The van der Waals surface area contributed by atoms with E-state index < -0.39 is 0 Å². The molecule has 0 saturated heterocycles. The minimum atomic E-state index is -0.301. The average Bonchev–Trinajstić information content (AvgIpc) is 2.66. The summed E-state index contributed by atoms with van der Waals surface area (Å²) in [6, 6.07) is 21.5. The molecule has 2 N–H and O–H groups in total. The highest BCUT2D eigenvalue weighted by Crippen LogP contribution is 2.30. The maximum atomic E-state index is 12.8. The fourth-order valence-corrected chi connectivity index (χ4v) is 3.55. The van der Waals surface area contributed by atoms with Crippen molar-refractivity contribution in [1.29, 1.82) is 0 Å². The summed E-state index contributed by atoms with van der Waals surface area (Å²) in [5, 5.41) is 15.0. The topological polar surface area (TPSA) is 52.6 Å². The molecular formula is C21H20N2O2. The second kappa shape index (κ2) is 6.57. The predicted octanol–water partition coefficient (Wildman–Crippen LogP) is 3.96. The smallest absolute Gasteiger partial charge is 0.322 e. The molecule has 1 aliphatic heterocycles. The Labute approximate surface area is 146 Å². The van der Waals surface area contributed by atoms with Crippen LogP contribution in [0.1, 0.15) is 17.2 Å². The number of nitrogens with zero attached hydrogens (tertiary/aromatic N) is 1. The van der Waals surface area contributed by atoms with Crippen LogP contribution in [0.3, 0.4) is 0 Å². The van der Waals surface area contributed by atoms with E-state index in [1.807, 2.05) is 60.7 Å². The number of nitrogens with one attached hydrogen (secondary N) is 1. The van der Waals surface area contributed by atoms with Gasteiger partial charge in [-0.05, 0) is 40.5 Å². The summed E-state index contributed by atoms with van der Waals surface area (Å²) >= 11 is 0. The first-order valence-electron chi connectivity index (χ1n) is 8.51. The van der Waals surface area contributed by atoms with Crippen molar-refractivity contribution in [3.8, 4) is 0 Å². The van der Waals surface area contributed by atoms with E-state index in [4.69, 9.17) is 0 Å². The summed E-state index contributed by atoms with van der Waals surface area (Å²) in [5.41, 5.74) is 3.00. The Morgan fingerprint density at radius 2 is 1.80 bits per heavy atom. The second-order valence-electron chi connectivity index (χ2n) is 6.33. The first-order chi connectivity index (χ1) is 12.3. The number of aliphatic hydroxyl groups excluding tert-OH is 1. The van der Waals surface area contributed by atoms with E-state index in [0.29, 0.717) is 6.54 Å². The molecule has 0 bridgehead atoms. The number of amides is 2. The molecule has 0 radical (unpaired) electrons. The Morgan fingerprint density at radius 1 is 1.04 bits per heavy atom. The van der Waals surface area contributed by atoms with Gasteiger partial charge in [-0.2, -0.15) is 0 Å². The SMILES string of the molecule is O=C(Nc1ccc2ccccc2c1)N1CCc2ccccc2C1CO. The number of hydrogen-bond donors (Lipinski definition) is 2. The number of aliphatic hydroxyl groups is 1. The van der Waals surface area contributed by atoms with Crippen molar-refractivity contribution in [2.24, 2.45) is 0 Å². The van der Waals surface area contributed by atoms with E-state index in [-0.39, 0.29) is 18.7 Å². The van der Waals surface area contributed by atoms with Crippen LogP contribution in [0.2, 0.25) is 0 Å². The Balaban J connectivity index is 1.57. The molecule has 1 atom stereocenters. The van der Waals surface area contributed by atoms with Crippen LogP contribution in [0, 0.1) is 0 Å². The largest absolute Gasteiger partial charge is 0.394 e. The standard InChI is InChI=1S/C21H20N2O2/c24-14-20-19-8-4-3-6-16(19)11-12-23(20)21(25)22-18-10-9-15-5-1-2-7-17(15)13-18/h1-10,13,20,24H,11-12,14H2,(H,22,25). The lowest BCUT2D eigenvalue weighted by molar-refractivity contribution is 0.135. The fourth-order valence-electron chi connectivity index (χ4n) is 3.55. The van der Waals surface area contributed by atoms with Gasteiger partial charge in [-0.25, -0.2) is 4.79 Å². The lowest BCUT2D eigenvalue weighted by Gasteiger charge is -2.36. The highest BCUT2D eigenvalue weighted by Gasteiger charge is 2.30. The van der Waals surface area contributed by atoms with E-state index >= 15 is 0 Å². The quantitative estimate of drug-likeness (QED) is 0.746. The summed E-state index contributed by atoms with van der Waals surface area (Å²) in [5.74, 6) is 0. The fraction of sp³-hybridized carbons (Fsp3) is 0.190. The highest BCUT2D eigenvalue weighted by atomic mass is 16.3. The first kappa shape index (κ1) is 15.7. The van der Waals surface area contributed by atoms with Gasteiger partial charge >= 0.3 is 6.03 Å². The molecule has 1 unspecified atom stereocenters. The molecule has 0 fully saturated rings. The van der Waals surface area contributed by atoms with Crippen LogP contribution in [0.5, 0.6) is 0 Å². The van der Waals surface area contributed by atoms with Gasteiger partial charge < -0.3 is 15.3 Å². The minimum absolute atomic E-state index is 0.0812. The van der Waals surface area contributed by atoms with Crippen molar-refractivity contribution >= 4 is 22.5 Å². The summed E-state index contributed by atoms with van der Waals surface area (Å²) in [6.07, 6.45) is 0.803. The molecule has 3 aromatic carbocycles. The van der Waals surface area contributed by atoms with Gasteiger partial charge in [0.25, 0.3) is 0 Å². The normalized spacial score (nSPS) is 16.5. The van der Waals surface area contributed by atoms with Crippen molar-refractivity contribution in [3.05, 3.63) is 77.9 Å². The van der Waals surface area contributed by atoms with Gasteiger partial charge in [-0.3, -0.25) is 0 Å². The van der Waals surface area contributed by atoms with Crippen molar-refractivity contribution in [2.75, 3.05) is 18.5 Å². The minimum Gasteiger partial charge on any atom is -0.394 e. The van der Waals surface area contributed by atoms with Crippen LogP contribution >= 0.6 is 0 Å². The van der Waals surface area contributed by atoms with Crippen molar-refractivity contribution in [1.82, 2.24) is 4.90 Å². The zero-order valence-electron chi connectivity index (χ0n) is 13.9. The number of carbonyl (C=O) groups excluding carboxylic acids is 1. The van der Waals surface area contributed by atoms with Gasteiger partial charge in [-0.1, -0.05) is 54.6 Å². The number of benzene rings is 3. The molecule has 4 rings (SSSR count). The number of rotatable bonds is 2. The Hall–Kier alpha value is -2.85. The van der Waals surface area contributed by atoms with Gasteiger partial charge in [0, 0.05) is 12.2 Å². The van der Waals surface area contributed by atoms with Crippen molar-refractivity contribution < 1.29 is 9.90 Å². The zero-order valence-corrected chi connectivity index (χ0v) is 13.9. The number of carbonyl (C=O) groups is 1. The third-order valence-electron chi connectivity index (χ3n) is 4.85. The molecular weight excluding hydrogens is 312 g/mol. The molecule has 25 heavy (non-hydrogen) atoms. The van der Waals surface area contributed by atoms with Gasteiger partial charge in [0.2, 0.25) is 0 Å². The van der Waals surface area contributed by atoms with Crippen LogP contribution in [-0.2, 0) is 6.42 Å². The molecule has 0 aliphatic carbocycles. The van der Waals surface area contributed by atoms with E-state index in [0.717, 1.165) is 28.4 Å². The molecule has 0 saturated carbocycles. The molecule has 3 aromatic rings. The molecule has 4 heteroatoms. The molecule has 1 heterocycles. The Bertz CT molecular complexity index is 922. The monoisotopic (exact) mass is 332 g/mol. The number of anilines is 1. The van der Waals surface area contributed by atoms with Gasteiger partial charge in [-0.15, -0.1) is 0 Å². The molecule has 126 valence electrons. The lowest BCUT2D eigenvalue weighted by atomic mass is 9.93. The Kier molecular flexibility index (Phi) is 4.12. The van der Waals surface area contributed by atoms with Crippen LogP contribution in [0.4, 0.5) is 10.5 Å². The number of hydrogen-bond acceptors (Lipinski definition) is 2. The highest BCUT2D eigenvalue weighted by molar-refractivity contribution is 5.93. The number of urea groups is 1. The molecule has 2 amide bonds. The zero-order chi connectivity index (χ0) is 17.2. The predicted molar refractivity (Wildman–Crippen MR) is 99.6 cm³/mol. The third-order valence-corrected chi connectivity index (χ3v) is 4.85. The van der Waals surface area contributed by atoms with E-state index in [9.17, 15) is 9.90 Å². The van der Waals surface area contributed by atoms with E-state index in [1.165, 1.54) is 5.56 Å². The molecule has 1 aliphatic rings. The van der Waals surface area contributed by atoms with Crippen molar-refractivity contribution in [3.63, 3.8) is 0 Å². The maximum absolute atomic E-state index is 12.8. The molecule has 0 aromatic heterocycles. The molecule has 0 spiro atoms. The maximum Gasteiger partial charge on any atom is 0.322 e. The van der Waals surface area contributed by atoms with E-state index in [2.05, 4.69) is 11.4 Å². The summed E-state index contributed by atoms with van der Waals surface area (Å²) in [4.78, 5) is 14.5. The summed E-state index contributed by atoms with van der Waals surface area (Å²) in [7, 11) is 0. The van der Waals surface area contributed by atoms with Crippen LogP contribution < -0.4 is 5.32 Å². The van der Waals surface area contributed by atoms with Gasteiger partial charge in [0.15, 0.2) is 0 Å². The summed E-state index contributed by atoms with van der Waals surface area (Å²) < 4.78 is 0. The van der Waals surface area contributed by atoms with Gasteiger partial charge in [0.05, 0.1) is 12.6 Å².